The normalized spacial score (nSPS) is 23.1. The minimum Gasteiger partial charge on any atom is -0.389 e. The van der Waals surface area contributed by atoms with Gasteiger partial charge in [-0.2, -0.15) is 10.1 Å². The SMILES string of the molecule is CCCCCCCCCCCCN(CC(O)OC1CC(C)(C)N(OCCCCCCCC)C(C)(C)C1)C1CC(C)(C)N(CC(O)COC2CC(C)(C)N(OCCCCCCCC)C(C)(C)C2)C(C)(C)C1. The molecule has 0 aromatic rings. The van der Waals surface area contributed by atoms with Gasteiger partial charge in [0.1, 0.15) is 0 Å². The molecule has 416 valence electrons. The van der Waals surface area contributed by atoms with E-state index in [1.807, 2.05) is 0 Å². The fourth-order valence-electron chi connectivity index (χ4n) is 13.6. The quantitative estimate of drug-likeness (QED) is 0.0463. The van der Waals surface area contributed by atoms with Crippen molar-refractivity contribution in [2.75, 3.05) is 39.5 Å². The molecule has 0 amide bonds. The highest BCUT2D eigenvalue weighted by Crippen LogP contribution is 2.43. The molecule has 3 heterocycles. The van der Waals surface area contributed by atoms with Crippen LogP contribution in [0.1, 0.15) is 284 Å². The van der Waals surface area contributed by atoms with E-state index >= 15 is 0 Å². The van der Waals surface area contributed by atoms with Crippen LogP contribution in [0.2, 0.25) is 0 Å². The van der Waals surface area contributed by atoms with Crippen LogP contribution in [-0.2, 0) is 19.1 Å². The van der Waals surface area contributed by atoms with Gasteiger partial charge in [0.05, 0.1) is 38.1 Å². The van der Waals surface area contributed by atoms with Crippen LogP contribution in [0.5, 0.6) is 0 Å². The van der Waals surface area contributed by atoms with Crippen molar-refractivity contribution in [2.45, 2.75) is 348 Å². The minimum absolute atomic E-state index is 0.0561. The van der Waals surface area contributed by atoms with Crippen molar-refractivity contribution in [3.05, 3.63) is 0 Å². The van der Waals surface area contributed by atoms with Crippen LogP contribution < -0.4 is 0 Å². The summed E-state index contributed by atoms with van der Waals surface area (Å²) in [5.41, 5.74) is -1.12. The summed E-state index contributed by atoms with van der Waals surface area (Å²) < 4.78 is 13.3. The Morgan fingerprint density at radius 1 is 0.457 bits per heavy atom. The number of rotatable bonds is 37. The van der Waals surface area contributed by atoms with Crippen LogP contribution in [-0.4, -0.2) is 133 Å². The van der Waals surface area contributed by atoms with Gasteiger partial charge in [0, 0.05) is 52.4 Å². The lowest BCUT2D eigenvalue weighted by atomic mass is 9.76. The maximum atomic E-state index is 11.9. The fraction of sp³-hybridized carbons (Fsp3) is 1.00. The van der Waals surface area contributed by atoms with Gasteiger partial charge in [-0.3, -0.25) is 19.5 Å². The lowest BCUT2D eigenvalue weighted by Crippen LogP contribution is -2.66. The van der Waals surface area contributed by atoms with Gasteiger partial charge < -0.3 is 19.7 Å². The van der Waals surface area contributed by atoms with Gasteiger partial charge in [-0.05, 0) is 147 Å². The summed E-state index contributed by atoms with van der Waals surface area (Å²) in [7, 11) is 0. The average molecular weight is 994 g/mol. The molecule has 0 bridgehead atoms. The third-order valence-corrected chi connectivity index (χ3v) is 16.4. The number of hydroxylamine groups is 4. The number of ether oxygens (including phenoxy) is 2. The molecule has 3 fully saturated rings. The first-order chi connectivity index (χ1) is 32.9. The Bertz CT molecular complexity index is 1320. The number of piperidine rings is 3. The zero-order valence-electron chi connectivity index (χ0n) is 49.2. The predicted octanol–water partition coefficient (Wildman–Crippen LogP) is 14.6. The number of unbranched alkanes of at least 4 members (excludes halogenated alkanes) is 19. The topological polar surface area (TPSA) is 90.3 Å². The number of β-amino-alcohol motifs (C(OH)–C–C–N with tert-alkyl or cyclic N) is 1. The standard InChI is InChI=1S/C60H120N4O6/c1-16-19-22-25-28-29-30-31-32-35-38-61(48-54(66)70-53-45-59(12,13)64(60(14,15)46-53)69-40-37-34-27-24-21-18-3)50-41-55(4,5)62(56(6,7)42-50)47-51(65)49-67-52-43-57(8,9)63(58(10,11)44-52)68-39-36-33-26-23-20-17-2/h50-54,65-66H,16-49H2,1-15H3. The van der Waals surface area contributed by atoms with Gasteiger partial charge in [0.15, 0.2) is 6.29 Å². The molecule has 70 heavy (non-hydrogen) atoms. The molecule has 0 aromatic carbocycles. The van der Waals surface area contributed by atoms with Gasteiger partial charge in [-0.25, -0.2) is 0 Å². The number of aliphatic hydroxyl groups is 2. The molecule has 3 rings (SSSR count). The smallest absolute Gasteiger partial charge is 0.167 e. The van der Waals surface area contributed by atoms with Crippen LogP contribution >= 0.6 is 0 Å². The molecule has 10 heteroatoms. The minimum atomic E-state index is -0.868. The molecule has 3 aliphatic heterocycles. The molecule has 2 atom stereocenters. The Morgan fingerprint density at radius 3 is 1.21 bits per heavy atom. The maximum Gasteiger partial charge on any atom is 0.167 e. The number of aliphatic hydroxyl groups excluding tert-OH is 2. The highest BCUT2D eigenvalue weighted by molar-refractivity contribution is 5.04. The van der Waals surface area contributed by atoms with Gasteiger partial charge in [-0.15, -0.1) is 0 Å². The Kier molecular flexibility index (Phi) is 28.3. The van der Waals surface area contributed by atoms with E-state index in [9.17, 15) is 10.2 Å². The van der Waals surface area contributed by atoms with E-state index in [-0.39, 0.29) is 51.5 Å². The lowest BCUT2D eigenvalue weighted by molar-refractivity contribution is -0.303. The zero-order valence-corrected chi connectivity index (χ0v) is 49.2. The molecule has 0 aliphatic carbocycles. The van der Waals surface area contributed by atoms with Crippen molar-refractivity contribution in [2.24, 2.45) is 0 Å². The van der Waals surface area contributed by atoms with E-state index in [4.69, 9.17) is 19.1 Å². The molecular weight excluding hydrogens is 873 g/mol. The molecular formula is C60H120N4O6. The molecule has 0 radical (unpaired) electrons. The van der Waals surface area contributed by atoms with E-state index in [1.54, 1.807) is 0 Å². The van der Waals surface area contributed by atoms with E-state index in [1.165, 1.54) is 122 Å². The molecule has 0 saturated carbocycles. The van der Waals surface area contributed by atoms with Crippen molar-refractivity contribution in [3.8, 4) is 0 Å². The van der Waals surface area contributed by atoms with Gasteiger partial charge in [0.2, 0.25) is 0 Å². The molecule has 0 aromatic heterocycles. The Morgan fingerprint density at radius 2 is 0.814 bits per heavy atom. The third kappa shape index (κ3) is 22.1. The van der Waals surface area contributed by atoms with Crippen molar-refractivity contribution in [1.82, 2.24) is 19.9 Å². The van der Waals surface area contributed by atoms with Crippen LogP contribution in [0.25, 0.3) is 0 Å². The number of nitrogens with zero attached hydrogens (tertiary/aromatic N) is 4. The van der Waals surface area contributed by atoms with Gasteiger partial charge >= 0.3 is 0 Å². The first-order valence-corrected chi connectivity index (χ1v) is 29.9. The average Bonchev–Trinajstić information content (AvgIpc) is 3.24. The second kappa shape index (κ2) is 31.0. The van der Waals surface area contributed by atoms with Crippen LogP contribution in [0.3, 0.4) is 0 Å². The Hall–Kier alpha value is -0.400. The summed E-state index contributed by atoms with van der Waals surface area (Å²) >= 11 is 0. The molecule has 2 unspecified atom stereocenters. The lowest BCUT2D eigenvalue weighted by Gasteiger charge is -2.58. The summed E-state index contributed by atoms with van der Waals surface area (Å²) in [6, 6.07) is 0.287. The number of hydrogen-bond donors (Lipinski definition) is 2. The first-order valence-electron chi connectivity index (χ1n) is 29.9. The monoisotopic (exact) mass is 993 g/mol. The Balaban J connectivity index is 1.62. The van der Waals surface area contributed by atoms with Gasteiger partial charge in [-0.1, -0.05) is 143 Å². The highest BCUT2D eigenvalue weighted by Gasteiger charge is 2.50. The van der Waals surface area contributed by atoms with Crippen molar-refractivity contribution in [1.29, 1.82) is 0 Å². The second-order valence-electron chi connectivity index (χ2n) is 26.7. The first kappa shape index (κ1) is 63.9. The van der Waals surface area contributed by atoms with Crippen molar-refractivity contribution in [3.63, 3.8) is 0 Å². The summed E-state index contributed by atoms with van der Waals surface area (Å²) in [4.78, 5) is 18.2. The van der Waals surface area contributed by atoms with Crippen molar-refractivity contribution >= 4 is 0 Å². The van der Waals surface area contributed by atoms with E-state index in [0.29, 0.717) is 19.7 Å². The van der Waals surface area contributed by atoms with Gasteiger partial charge in [0.25, 0.3) is 0 Å². The van der Waals surface area contributed by atoms with Crippen molar-refractivity contribution < 1.29 is 29.4 Å². The van der Waals surface area contributed by atoms with E-state index in [2.05, 4.69) is 124 Å². The van der Waals surface area contributed by atoms with E-state index in [0.717, 1.165) is 77.5 Å². The van der Waals surface area contributed by atoms with Crippen LogP contribution in [0.15, 0.2) is 0 Å². The molecule has 3 aliphatic rings. The fourth-order valence-corrected chi connectivity index (χ4v) is 13.6. The summed E-state index contributed by atoms with van der Waals surface area (Å²) in [6.07, 6.45) is 32.0. The second-order valence-corrected chi connectivity index (χ2v) is 26.7. The summed E-state index contributed by atoms with van der Waals surface area (Å²) in [5.74, 6) is 0. The van der Waals surface area contributed by atoms with Crippen LogP contribution in [0, 0.1) is 0 Å². The van der Waals surface area contributed by atoms with E-state index < -0.39 is 12.4 Å². The van der Waals surface area contributed by atoms with Crippen LogP contribution in [0.4, 0.5) is 0 Å². The molecule has 3 saturated heterocycles. The maximum absolute atomic E-state index is 11.9. The number of hydrogen-bond acceptors (Lipinski definition) is 10. The highest BCUT2D eigenvalue weighted by atomic mass is 16.7. The summed E-state index contributed by atoms with van der Waals surface area (Å²) in [5, 5.41) is 28.2. The number of likely N-dealkylation sites (tertiary alicyclic amines) is 1. The third-order valence-electron chi connectivity index (χ3n) is 16.4. The Labute approximate surface area is 434 Å². The molecule has 10 nitrogen and oxygen atoms in total. The largest absolute Gasteiger partial charge is 0.389 e. The molecule has 2 N–H and O–H groups in total. The molecule has 0 spiro atoms. The summed E-state index contributed by atoms with van der Waals surface area (Å²) in [6.45, 7) is 38.4. The zero-order chi connectivity index (χ0) is 52.1. The predicted molar refractivity (Wildman–Crippen MR) is 295 cm³/mol.